The summed E-state index contributed by atoms with van der Waals surface area (Å²) in [6.45, 7) is 3.03. The van der Waals surface area contributed by atoms with Crippen LogP contribution in [0.3, 0.4) is 0 Å². The second kappa shape index (κ2) is 7.60. The average molecular weight is 283 g/mol. The average Bonchev–Trinajstić information content (AvgIpc) is 2.54. The summed E-state index contributed by atoms with van der Waals surface area (Å²) in [5.41, 5.74) is 3.08. The smallest absolute Gasteiger partial charge is 0.337 e. The quantitative estimate of drug-likeness (QED) is 0.827. The van der Waals surface area contributed by atoms with Crippen molar-refractivity contribution in [3.8, 4) is 0 Å². The molecule has 0 saturated carbocycles. The molecule has 21 heavy (non-hydrogen) atoms. The monoisotopic (exact) mass is 283 g/mol. The van der Waals surface area contributed by atoms with Crippen molar-refractivity contribution < 1.29 is 9.53 Å². The molecule has 3 heteroatoms. The number of nitrogens with one attached hydrogen (secondary N) is 1. The second-order valence-corrected chi connectivity index (χ2v) is 5.16. The molecular formula is C18H21NO2. The van der Waals surface area contributed by atoms with Crippen molar-refractivity contribution in [2.24, 2.45) is 0 Å². The maximum atomic E-state index is 11.4. The van der Waals surface area contributed by atoms with Crippen LogP contribution in [0.5, 0.6) is 0 Å². The lowest BCUT2D eigenvalue weighted by Crippen LogP contribution is -2.27. The molecule has 0 spiro atoms. The summed E-state index contributed by atoms with van der Waals surface area (Å²) in [5.74, 6) is -0.295. The van der Waals surface area contributed by atoms with Crippen LogP contribution in [-0.2, 0) is 17.7 Å². The van der Waals surface area contributed by atoms with Crippen LogP contribution in [0.15, 0.2) is 54.6 Å². The third kappa shape index (κ3) is 4.72. The molecule has 0 aromatic heterocycles. The minimum atomic E-state index is -0.295. The highest BCUT2D eigenvalue weighted by molar-refractivity contribution is 5.89. The number of rotatable bonds is 6. The van der Waals surface area contributed by atoms with Crippen LogP contribution >= 0.6 is 0 Å². The predicted molar refractivity (Wildman–Crippen MR) is 84.2 cm³/mol. The van der Waals surface area contributed by atoms with E-state index >= 15 is 0 Å². The first kappa shape index (κ1) is 15.3. The normalized spacial score (nSPS) is 11.9. The first-order valence-corrected chi connectivity index (χ1v) is 7.13. The van der Waals surface area contributed by atoms with E-state index < -0.39 is 0 Å². The molecule has 2 aromatic carbocycles. The number of hydrogen-bond acceptors (Lipinski definition) is 3. The van der Waals surface area contributed by atoms with Crippen molar-refractivity contribution in [3.05, 3.63) is 71.3 Å². The van der Waals surface area contributed by atoms with Gasteiger partial charge in [0.1, 0.15) is 0 Å². The van der Waals surface area contributed by atoms with Gasteiger partial charge >= 0.3 is 5.97 Å². The molecule has 0 heterocycles. The first-order chi connectivity index (χ1) is 10.2. The molecule has 1 N–H and O–H groups in total. The highest BCUT2D eigenvalue weighted by Gasteiger charge is 2.06. The Hall–Kier alpha value is -2.13. The van der Waals surface area contributed by atoms with Gasteiger partial charge in [-0.15, -0.1) is 0 Å². The van der Waals surface area contributed by atoms with Gasteiger partial charge in [0.05, 0.1) is 12.7 Å². The highest BCUT2D eigenvalue weighted by Crippen LogP contribution is 2.08. The molecule has 110 valence electrons. The van der Waals surface area contributed by atoms with E-state index in [0.717, 1.165) is 13.0 Å². The standard InChI is InChI=1S/C18H21NO2/c1-14(19-13-16-6-4-3-5-7-16)12-15-8-10-17(11-9-15)18(20)21-2/h3-11,14,19H,12-13H2,1-2H3. The van der Waals surface area contributed by atoms with E-state index in [1.807, 2.05) is 42.5 Å². The lowest BCUT2D eigenvalue weighted by atomic mass is 10.0. The molecule has 2 rings (SSSR count). The van der Waals surface area contributed by atoms with E-state index in [4.69, 9.17) is 4.74 Å². The maximum Gasteiger partial charge on any atom is 0.337 e. The number of benzene rings is 2. The van der Waals surface area contributed by atoms with Crippen LogP contribution in [0.4, 0.5) is 0 Å². The van der Waals surface area contributed by atoms with Crippen LogP contribution < -0.4 is 5.32 Å². The Kier molecular flexibility index (Phi) is 5.52. The molecule has 1 unspecified atom stereocenters. The van der Waals surface area contributed by atoms with Gasteiger partial charge in [-0.25, -0.2) is 4.79 Å². The third-order valence-electron chi connectivity index (χ3n) is 3.41. The molecule has 0 bridgehead atoms. The van der Waals surface area contributed by atoms with E-state index in [0.29, 0.717) is 11.6 Å². The van der Waals surface area contributed by atoms with E-state index in [9.17, 15) is 4.79 Å². The third-order valence-corrected chi connectivity index (χ3v) is 3.41. The number of carbonyl (C=O) groups is 1. The summed E-state index contributed by atoms with van der Waals surface area (Å²) in [5, 5.41) is 3.50. The zero-order valence-electron chi connectivity index (χ0n) is 12.5. The van der Waals surface area contributed by atoms with Gasteiger partial charge in [-0.1, -0.05) is 42.5 Å². The van der Waals surface area contributed by atoms with Crippen molar-refractivity contribution in [2.75, 3.05) is 7.11 Å². The summed E-state index contributed by atoms with van der Waals surface area (Å²) in [7, 11) is 1.39. The zero-order valence-corrected chi connectivity index (χ0v) is 12.5. The molecule has 0 radical (unpaired) electrons. The van der Waals surface area contributed by atoms with E-state index in [2.05, 4.69) is 24.4 Å². The number of esters is 1. The fourth-order valence-electron chi connectivity index (χ4n) is 2.21. The van der Waals surface area contributed by atoms with Gasteiger partial charge in [0.15, 0.2) is 0 Å². The predicted octanol–water partition coefficient (Wildman–Crippen LogP) is 3.19. The Balaban J connectivity index is 1.85. The highest BCUT2D eigenvalue weighted by atomic mass is 16.5. The molecule has 2 aromatic rings. The minimum Gasteiger partial charge on any atom is -0.465 e. The molecule has 1 atom stereocenters. The van der Waals surface area contributed by atoms with Gasteiger partial charge in [-0.2, -0.15) is 0 Å². The molecule has 0 fully saturated rings. The van der Waals surface area contributed by atoms with Crippen molar-refractivity contribution in [1.29, 1.82) is 0 Å². The summed E-state index contributed by atoms with van der Waals surface area (Å²) in [6.07, 6.45) is 0.925. The largest absolute Gasteiger partial charge is 0.465 e. The Bertz CT molecular complexity index is 564. The van der Waals surface area contributed by atoms with Crippen molar-refractivity contribution in [2.45, 2.75) is 25.9 Å². The second-order valence-electron chi connectivity index (χ2n) is 5.16. The fourth-order valence-corrected chi connectivity index (χ4v) is 2.21. The first-order valence-electron chi connectivity index (χ1n) is 7.13. The number of methoxy groups -OCH3 is 1. The fraction of sp³-hybridized carbons (Fsp3) is 0.278. The van der Waals surface area contributed by atoms with Gasteiger partial charge in [0.2, 0.25) is 0 Å². The van der Waals surface area contributed by atoms with Crippen molar-refractivity contribution >= 4 is 5.97 Å². The molecule has 0 aliphatic rings. The van der Waals surface area contributed by atoms with Gasteiger partial charge in [0, 0.05) is 12.6 Å². The zero-order chi connectivity index (χ0) is 15.1. The van der Waals surface area contributed by atoms with Gasteiger partial charge in [-0.05, 0) is 36.6 Å². The van der Waals surface area contributed by atoms with Crippen LogP contribution in [0.25, 0.3) is 0 Å². The summed E-state index contributed by atoms with van der Waals surface area (Å²) < 4.78 is 4.69. The van der Waals surface area contributed by atoms with Gasteiger partial charge < -0.3 is 10.1 Å². The SMILES string of the molecule is COC(=O)c1ccc(CC(C)NCc2ccccc2)cc1. The molecule has 0 aliphatic carbocycles. The number of ether oxygens (including phenoxy) is 1. The van der Waals surface area contributed by atoms with Crippen LogP contribution in [0.1, 0.15) is 28.4 Å². The minimum absolute atomic E-state index is 0.295. The lowest BCUT2D eigenvalue weighted by Gasteiger charge is -2.14. The van der Waals surface area contributed by atoms with Crippen molar-refractivity contribution in [1.82, 2.24) is 5.32 Å². The number of carbonyl (C=O) groups excluding carboxylic acids is 1. The van der Waals surface area contributed by atoms with Crippen LogP contribution in [-0.4, -0.2) is 19.1 Å². The number of hydrogen-bond donors (Lipinski definition) is 1. The summed E-state index contributed by atoms with van der Waals surface area (Å²) >= 11 is 0. The van der Waals surface area contributed by atoms with E-state index in [-0.39, 0.29) is 5.97 Å². The molecule has 0 saturated heterocycles. The lowest BCUT2D eigenvalue weighted by molar-refractivity contribution is 0.0600. The Morgan fingerprint density at radius 1 is 1.05 bits per heavy atom. The Labute approximate surface area is 126 Å². The van der Waals surface area contributed by atoms with Crippen LogP contribution in [0.2, 0.25) is 0 Å². The van der Waals surface area contributed by atoms with Crippen LogP contribution in [0, 0.1) is 0 Å². The van der Waals surface area contributed by atoms with Gasteiger partial charge in [0.25, 0.3) is 0 Å². The molecule has 0 aliphatic heterocycles. The Morgan fingerprint density at radius 3 is 2.33 bits per heavy atom. The van der Waals surface area contributed by atoms with Gasteiger partial charge in [-0.3, -0.25) is 0 Å². The molecule has 3 nitrogen and oxygen atoms in total. The maximum absolute atomic E-state index is 11.4. The summed E-state index contributed by atoms with van der Waals surface area (Å²) in [6, 6.07) is 18.3. The Morgan fingerprint density at radius 2 is 1.71 bits per heavy atom. The van der Waals surface area contributed by atoms with E-state index in [1.165, 1.54) is 18.2 Å². The summed E-state index contributed by atoms with van der Waals surface area (Å²) in [4.78, 5) is 11.4. The molecular weight excluding hydrogens is 262 g/mol. The molecule has 0 amide bonds. The van der Waals surface area contributed by atoms with Crippen molar-refractivity contribution in [3.63, 3.8) is 0 Å². The van der Waals surface area contributed by atoms with E-state index in [1.54, 1.807) is 0 Å². The topological polar surface area (TPSA) is 38.3 Å².